The van der Waals surface area contributed by atoms with Crippen molar-refractivity contribution in [2.24, 2.45) is 0 Å². The number of rotatable bonds is 6. The van der Waals surface area contributed by atoms with Crippen molar-refractivity contribution in [1.82, 2.24) is 10.3 Å². The third-order valence-electron chi connectivity index (χ3n) is 3.96. The van der Waals surface area contributed by atoms with Crippen LogP contribution in [0.5, 0.6) is 0 Å². The lowest BCUT2D eigenvalue weighted by Gasteiger charge is -2.31. The van der Waals surface area contributed by atoms with Gasteiger partial charge in [0, 0.05) is 5.54 Å². The number of aromatic nitrogens is 1. The molecule has 0 saturated heterocycles. The molecule has 110 valence electrons. The van der Waals surface area contributed by atoms with E-state index in [1.54, 1.807) is 6.92 Å². The van der Waals surface area contributed by atoms with Gasteiger partial charge >= 0.3 is 5.97 Å². The van der Waals surface area contributed by atoms with Crippen LogP contribution < -0.4 is 5.32 Å². The molecule has 1 aromatic rings. The van der Waals surface area contributed by atoms with Gasteiger partial charge in [-0.3, -0.25) is 4.79 Å². The standard InChI is InChI=1S/C15H22N2O3/c1-5-15(6-2,7-3)17-13(18)12-9-8-11(14(19)20)10(4)16-12/h8-9H,5-7H2,1-4H3,(H,17,18)(H,19,20). The zero-order valence-corrected chi connectivity index (χ0v) is 12.5. The van der Waals surface area contributed by atoms with E-state index in [4.69, 9.17) is 5.11 Å². The van der Waals surface area contributed by atoms with E-state index < -0.39 is 5.97 Å². The Morgan fingerprint density at radius 3 is 2.15 bits per heavy atom. The fourth-order valence-electron chi connectivity index (χ4n) is 2.23. The number of aryl methyl sites for hydroxylation is 1. The highest BCUT2D eigenvalue weighted by Crippen LogP contribution is 2.20. The molecular weight excluding hydrogens is 256 g/mol. The summed E-state index contributed by atoms with van der Waals surface area (Å²) in [6.07, 6.45) is 2.54. The van der Waals surface area contributed by atoms with Crippen LogP contribution in [0.1, 0.15) is 66.6 Å². The smallest absolute Gasteiger partial charge is 0.337 e. The van der Waals surface area contributed by atoms with Gasteiger partial charge in [0.25, 0.3) is 5.91 Å². The van der Waals surface area contributed by atoms with E-state index in [1.165, 1.54) is 12.1 Å². The Balaban J connectivity index is 2.99. The third kappa shape index (κ3) is 3.35. The fourth-order valence-corrected chi connectivity index (χ4v) is 2.23. The summed E-state index contributed by atoms with van der Waals surface area (Å²) in [4.78, 5) is 27.3. The second-order valence-corrected chi connectivity index (χ2v) is 4.93. The van der Waals surface area contributed by atoms with Gasteiger partial charge < -0.3 is 10.4 Å². The SMILES string of the molecule is CCC(CC)(CC)NC(=O)c1ccc(C(=O)O)c(C)n1. The number of aromatic carboxylic acids is 1. The molecule has 5 heteroatoms. The molecule has 0 fully saturated rings. The molecule has 0 aromatic carbocycles. The van der Waals surface area contributed by atoms with Crippen LogP contribution in [0.2, 0.25) is 0 Å². The van der Waals surface area contributed by atoms with Gasteiger partial charge in [0.05, 0.1) is 11.3 Å². The summed E-state index contributed by atoms with van der Waals surface area (Å²) in [6, 6.07) is 2.88. The third-order valence-corrected chi connectivity index (χ3v) is 3.96. The van der Waals surface area contributed by atoms with E-state index in [0.717, 1.165) is 19.3 Å². The first kappa shape index (κ1) is 16.1. The summed E-state index contributed by atoms with van der Waals surface area (Å²) >= 11 is 0. The molecule has 0 unspecified atom stereocenters. The highest BCUT2D eigenvalue weighted by atomic mass is 16.4. The van der Waals surface area contributed by atoms with Gasteiger partial charge in [-0.15, -0.1) is 0 Å². The minimum Gasteiger partial charge on any atom is -0.478 e. The van der Waals surface area contributed by atoms with Gasteiger partial charge in [0.2, 0.25) is 0 Å². The highest BCUT2D eigenvalue weighted by molar-refractivity contribution is 5.94. The zero-order chi connectivity index (χ0) is 15.3. The molecule has 0 aliphatic rings. The summed E-state index contributed by atoms with van der Waals surface area (Å²) < 4.78 is 0. The summed E-state index contributed by atoms with van der Waals surface area (Å²) in [7, 11) is 0. The van der Waals surface area contributed by atoms with Crippen molar-refractivity contribution in [3.8, 4) is 0 Å². The summed E-state index contributed by atoms with van der Waals surface area (Å²) in [6.45, 7) is 7.71. The number of nitrogens with one attached hydrogen (secondary N) is 1. The van der Waals surface area contributed by atoms with Crippen molar-refractivity contribution >= 4 is 11.9 Å². The zero-order valence-electron chi connectivity index (χ0n) is 12.5. The van der Waals surface area contributed by atoms with Crippen molar-refractivity contribution in [2.45, 2.75) is 52.5 Å². The van der Waals surface area contributed by atoms with Crippen LogP contribution in [0.3, 0.4) is 0 Å². The molecule has 1 aromatic heterocycles. The van der Waals surface area contributed by atoms with Crippen LogP contribution in [0.4, 0.5) is 0 Å². The largest absolute Gasteiger partial charge is 0.478 e. The van der Waals surface area contributed by atoms with Crippen LogP contribution in [0.15, 0.2) is 12.1 Å². The monoisotopic (exact) mass is 278 g/mol. The Morgan fingerprint density at radius 1 is 1.20 bits per heavy atom. The second kappa shape index (κ2) is 6.50. The van der Waals surface area contributed by atoms with E-state index in [9.17, 15) is 9.59 Å². The van der Waals surface area contributed by atoms with Gasteiger partial charge in [-0.05, 0) is 38.3 Å². The summed E-state index contributed by atoms with van der Waals surface area (Å²) in [5.41, 5.74) is 0.500. The minimum atomic E-state index is -1.04. The number of nitrogens with zero attached hydrogens (tertiary/aromatic N) is 1. The number of carboxylic acids is 1. The normalized spacial score (nSPS) is 11.2. The van der Waals surface area contributed by atoms with Crippen LogP contribution in [-0.2, 0) is 0 Å². The maximum atomic E-state index is 12.2. The van der Waals surface area contributed by atoms with Crippen LogP contribution in [0, 0.1) is 6.92 Å². The van der Waals surface area contributed by atoms with Crippen molar-refractivity contribution in [2.75, 3.05) is 0 Å². The second-order valence-electron chi connectivity index (χ2n) is 4.93. The Labute approximate surface area is 119 Å². The Hall–Kier alpha value is -1.91. The molecule has 5 nitrogen and oxygen atoms in total. The van der Waals surface area contributed by atoms with Crippen molar-refractivity contribution in [3.63, 3.8) is 0 Å². The fraction of sp³-hybridized carbons (Fsp3) is 0.533. The predicted octanol–water partition coefficient (Wildman–Crippen LogP) is 2.79. The molecular formula is C15H22N2O3. The molecule has 0 aliphatic heterocycles. The van der Waals surface area contributed by atoms with Crippen LogP contribution in [0.25, 0.3) is 0 Å². The topological polar surface area (TPSA) is 79.3 Å². The molecule has 0 saturated carbocycles. The molecule has 0 bridgehead atoms. The van der Waals surface area contributed by atoms with Crippen molar-refractivity contribution in [3.05, 3.63) is 29.1 Å². The summed E-state index contributed by atoms with van der Waals surface area (Å²) in [5.74, 6) is -1.29. The lowest BCUT2D eigenvalue weighted by Crippen LogP contribution is -2.47. The molecule has 0 spiro atoms. The maximum Gasteiger partial charge on any atom is 0.337 e. The molecule has 0 aliphatic carbocycles. The molecule has 1 rings (SSSR count). The first-order chi connectivity index (χ1) is 9.39. The maximum absolute atomic E-state index is 12.2. The van der Waals surface area contributed by atoms with E-state index >= 15 is 0 Å². The van der Waals surface area contributed by atoms with Gasteiger partial charge in [0.1, 0.15) is 5.69 Å². The minimum absolute atomic E-state index is 0.120. The van der Waals surface area contributed by atoms with Crippen LogP contribution in [-0.4, -0.2) is 27.5 Å². The van der Waals surface area contributed by atoms with Gasteiger partial charge in [-0.1, -0.05) is 20.8 Å². The number of hydrogen-bond acceptors (Lipinski definition) is 3. The lowest BCUT2D eigenvalue weighted by atomic mass is 9.89. The van der Waals surface area contributed by atoms with E-state index in [1.807, 2.05) is 20.8 Å². The quantitative estimate of drug-likeness (QED) is 0.838. The number of carbonyl (C=O) groups excluding carboxylic acids is 1. The molecule has 1 heterocycles. The van der Waals surface area contributed by atoms with Gasteiger partial charge in [-0.25, -0.2) is 9.78 Å². The molecule has 0 radical (unpaired) electrons. The predicted molar refractivity (Wildman–Crippen MR) is 77.0 cm³/mol. The van der Waals surface area contributed by atoms with Gasteiger partial charge in [-0.2, -0.15) is 0 Å². The number of amides is 1. The summed E-state index contributed by atoms with van der Waals surface area (Å²) in [5, 5.41) is 12.0. The van der Waals surface area contributed by atoms with Crippen molar-refractivity contribution in [1.29, 1.82) is 0 Å². The average molecular weight is 278 g/mol. The Kier molecular flexibility index (Phi) is 5.25. The Bertz CT molecular complexity index is 500. The lowest BCUT2D eigenvalue weighted by molar-refractivity contribution is 0.0694. The Morgan fingerprint density at radius 2 is 1.75 bits per heavy atom. The van der Waals surface area contributed by atoms with E-state index in [-0.39, 0.29) is 22.7 Å². The molecule has 2 N–H and O–H groups in total. The number of carboxylic acid groups (broad SMARTS) is 1. The van der Waals surface area contributed by atoms with Crippen LogP contribution >= 0.6 is 0 Å². The average Bonchev–Trinajstić information content (AvgIpc) is 2.44. The first-order valence-electron chi connectivity index (χ1n) is 6.92. The number of carbonyl (C=O) groups is 2. The van der Waals surface area contributed by atoms with Gasteiger partial charge in [0.15, 0.2) is 0 Å². The number of pyridine rings is 1. The van der Waals surface area contributed by atoms with E-state index in [0.29, 0.717) is 5.69 Å². The first-order valence-corrected chi connectivity index (χ1v) is 6.92. The molecule has 20 heavy (non-hydrogen) atoms. The number of hydrogen-bond donors (Lipinski definition) is 2. The highest BCUT2D eigenvalue weighted by Gasteiger charge is 2.27. The molecule has 0 atom stereocenters. The van der Waals surface area contributed by atoms with E-state index in [2.05, 4.69) is 10.3 Å². The van der Waals surface area contributed by atoms with Crippen molar-refractivity contribution < 1.29 is 14.7 Å². The molecule has 1 amide bonds.